The maximum Gasteiger partial charge on any atom is 0.339 e. The molecule has 2 rings (SSSR count). The van der Waals surface area contributed by atoms with Crippen molar-refractivity contribution in [2.24, 2.45) is 11.8 Å². The molecule has 1 aliphatic carbocycles. The SMILES string of the molecule is CC1CCC(c2ccc(C(=O)OC(C#N)C(C)C)cc2)CC1. The van der Waals surface area contributed by atoms with Gasteiger partial charge in [0.05, 0.1) is 5.56 Å². The number of carbonyl (C=O) groups excluding carboxylic acids is 1. The molecule has 1 fully saturated rings. The van der Waals surface area contributed by atoms with Gasteiger partial charge in [0.1, 0.15) is 6.07 Å². The van der Waals surface area contributed by atoms with Crippen molar-refractivity contribution >= 4 is 5.97 Å². The molecule has 0 amide bonds. The van der Waals surface area contributed by atoms with E-state index in [0.717, 1.165) is 5.92 Å². The summed E-state index contributed by atoms with van der Waals surface area (Å²) >= 11 is 0. The molecule has 1 unspecified atom stereocenters. The van der Waals surface area contributed by atoms with Crippen LogP contribution in [0.1, 0.15) is 68.3 Å². The normalized spacial score (nSPS) is 22.9. The van der Waals surface area contributed by atoms with Crippen LogP contribution in [0.5, 0.6) is 0 Å². The summed E-state index contributed by atoms with van der Waals surface area (Å²) in [6, 6.07) is 9.75. The van der Waals surface area contributed by atoms with E-state index < -0.39 is 12.1 Å². The molecule has 0 radical (unpaired) electrons. The highest BCUT2D eigenvalue weighted by molar-refractivity contribution is 5.89. The van der Waals surface area contributed by atoms with Crippen molar-refractivity contribution in [2.45, 2.75) is 58.5 Å². The number of rotatable bonds is 4. The summed E-state index contributed by atoms with van der Waals surface area (Å²) in [5, 5.41) is 9.00. The third kappa shape index (κ3) is 4.10. The van der Waals surface area contributed by atoms with Crippen LogP contribution in [0.25, 0.3) is 0 Å². The second kappa shape index (κ2) is 7.45. The van der Waals surface area contributed by atoms with Gasteiger partial charge in [-0.25, -0.2) is 4.79 Å². The van der Waals surface area contributed by atoms with Gasteiger partial charge in [-0.3, -0.25) is 0 Å². The van der Waals surface area contributed by atoms with Crippen molar-refractivity contribution in [2.75, 3.05) is 0 Å². The van der Waals surface area contributed by atoms with E-state index in [9.17, 15) is 4.79 Å². The fraction of sp³-hybridized carbons (Fsp3) is 0.579. The zero-order chi connectivity index (χ0) is 16.1. The maximum atomic E-state index is 12.1. The zero-order valence-electron chi connectivity index (χ0n) is 13.7. The standard InChI is InChI=1S/C19H25NO2/c1-13(2)18(12-20)22-19(21)17-10-8-16(9-11-17)15-6-4-14(3)5-7-15/h8-11,13-15,18H,4-7H2,1-3H3. The predicted molar refractivity (Wildman–Crippen MR) is 86.5 cm³/mol. The Labute approximate surface area is 133 Å². The smallest absolute Gasteiger partial charge is 0.339 e. The Morgan fingerprint density at radius 3 is 2.27 bits per heavy atom. The molecule has 1 aromatic rings. The van der Waals surface area contributed by atoms with Gasteiger partial charge >= 0.3 is 5.97 Å². The van der Waals surface area contributed by atoms with E-state index >= 15 is 0 Å². The van der Waals surface area contributed by atoms with Gasteiger partial charge in [0.25, 0.3) is 0 Å². The van der Waals surface area contributed by atoms with E-state index in [-0.39, 0.29) is 5.92 Å². The Morgan fingerprint density at radius 2 is 1.77 bits per heavy atom. The summed E-state index contributed by atoms with van der Waals surface area (Å²) in [6.07, 6.45) is 4.34. The third-order valence-corrected chi connectivity index (χ3v) is 4.60. The summed E-state index contributed by atoms with van der Waals surface area (Å²) in [5.41, 5.74) is 1.83. The minimum absolute atomic E-state index is 0.00236. The molecule has 0 heterocycles. The quantitative estimate of drug-likeness (QED) is 0.758. The Kier molecular flexibility index (Phi) is 5.60. The van der Waals surface area contributed by atoms with Crippen LogP contribution in [0.15, 0.2) is 24.3 Å². The molecule has 0 spiro atoms. The highest BCUT2D eigenvalue weighted by Crippen LogP contribution is 2.35. The average molecular weight is 299 g/mol. The number of hydrogen-bond acceptors (Lipinski definition) is 3. The molecular weight excluding hydrogens is 274 g/mol. The van der Waals surface area contributed by atoms with Crippen LogP contribution in [0, 0.1) is 23.2 Å². The maximum absolute atomic E-state index is 12.1. The fourth-order valence-electron chi connectivity index (χ4n) is 2.98. The first-order valence-electron chi connectivity index (χ1n) is 8.21. The molecule has 22 heavy (non-hydrogen) atoms. The number of benzene rings is 1. The van der Waals surface area contributed by atoms with Gasteiger partial charge in [-0.2, -0.15) is 5.26 Å². The summed E-state index contributed by atoms with van der Waals surface area (Å²) in [6.45, 7) is 6.05. The molecule has 1 atom stereocenters. The van der Waals surface area contributed by atoms with E-state index in [1.807, 2.05) is 44.2 Å². The Hall–Kier alpha value is -1.82. The number of carbonyl (C=O) groups is 1. The van der Waals surface area contributed by atoms with Gasteiger partial charge in [0, 0.05) is 5.92 Å². The molecule has 3 nitrogen and oxygen atoms in total. The van der Waals surface area contributed by atoms with Crippen molar-refractivity contribution in [3.8, 4) is 6.07 Å². The minimum atomic E-state index is -0.688. The largest absolute Gasteiger partial charge is 0.443 e. The van der Waals surface area contributed by atoms with Crippen LogP contribution >= 0.6 is 0 Å². The van der Waals surface area contributed by atoms with Crippen LogP contribution < -0.4 is 0 Å². The van der Waals surface area contributed by atoms with Crippen LogP contribution in [0.2, 0.25) is 0 Å². The lowest BCUT2D eigenvalue weighted by molar-refractivity contribution is 0.0325. The third-order valence-electron chi connectivity index (χ3n) is 4.60. The molecule has 0 bridgehead atoms. The predicted octanol–water partition coefficient (Wildman–Crippen LogP) is 4.69. The molecule has 0 aliphatic heterocycles. The zero-order valence-corrected chi connectivity index (χ0v) is 13.7. The lowest BCUT2D eigenvalue weighted by Gasteiger charge is -2.26. The number of nitrogens with zero attached hydrogens (tertiary/aromatic N) is 1. The number of ether oxygens (including phenoxy) is 1. The molecule has 0 N–H and O–H groups in total. The second-order valence-electron chi connectivity index (χ2n) is 6.78. The first kappa shape index (κ1) is 16.5. The lowest BCUT2D eigenvalue weighted by atomic mass is 9.79. The highest BCUT2D eigenvalue weighted by Gasteiger charge is 2.21. The van der Waals surface area contributed by atoms with E-state index in [2.05, 4.69) is 6.92 Å². The summed E-state index contributed by atoms with van der Waals surface area (Å²) in [5.74, 6) is 1.04. The molecule has 118 valence electrons. The van der Waals surface area contributed by atoms with E-state index in [0.29, 0.717) is 11.5 Å². The minimum Gasteiger partial charge on any atom is -0.443 e. The first-order chi connectivity index (χ1) is 10.5. The monoisotopic (exact) mass is 299 g/mol. The molecule has 0 saturated heterocycles. The second-order valence-corrected chi connectivity index (χ2v) is 6.78. The summed E-state index contributed by atoms with van der Waals surface area (Å²) in [7, 11) is 0. The highest BCUT2D eigenvalue weighted by atomic mass is 16.5. The molecule has 1 aliphatic rings. The Morgan fingerprint density at radius 1 is 1.18 bits per heavy atom. The van der Waals surface area contributed by atoms with Gasteiger partial charge < -0.3 is 4.74 Å². The van der Waals surface area contributed by atoms with Crippen molar-refractivity contribution in [3.63, 3.8) is 0 Å². The van der Waals surface area contributed by atoms with Gasteiger partial charge in [-0.15, -0.1) is 0 Å². The molecule has 0 aromatic heterocycles. The summed E-state index contributed by atoms with van der Waals surface area (Å²) in [4.78, 5) is 12.1. The van der Waals surface area contributed by atoms with E-state index in [1.165, 1.54) is 31.2 Å². The Bertz CT molecular complexity index is 534. The van der Waals surface area contributed by atoms with Crippen molar-refractivity contribution in [3.05, 3.63) is 35.4 Å². The molecule has 1 aromatic carbocycles. The van der Waals surface area contributed by atoms with Crippen LogP contribution in [0.3, 0.4) is 0 Å². The molecular formula is C19H25NO2. The van der Waals surface area contributed by atoms with Gasteiger partial charge in [0.15, 0.2) is 6.10 Å². The van der Waals surface area contributed by atoms with Crippen molar-refractivity contribution < 1.29 is 9.53 Å². The van der Waals surface area contributed by atoms with Crippen molar-refractivity contribution in [1.29, 1.82) is 5.26 Å². The van der Waals surface area contributed by atoms with E-state index in [1.54, 1.807) is 0 Å². The van der Waals surface area contributed by atoms with Crippen LogP contribution in [-0.2, 0) is 4.74 Å². The van der Waals surface area contributed by atoms with E-state index in [4.69, 9.17) is 10.00 Å². The molecule has 1 saturated carbocycles. The van der Waals surface area contributed by atoms with Gasteiger partial charge in [0.2, 0.25) is 0 Å². The Balaban J connectivity index is 1.99. The number of esters is 1. The van der Waals surface area contributed by atoms with Crippen LogP contribution in [-0.4, -0.2) is 12.1 Å². The van der Waals surface area contributed by atoms with Crippen molar-refractivity contribution in [1.82, 2.24) is 0 Å². The molecule has 3 heteroatoms. The first-order valence-corrected chi connectivity index (χ1v) is 8.21. The summed E-state index contributed by atoms with van der Waals surface area (Å²) < 4.78 is 5.25. The van der Waals surface area contributed by atoms with Crippen LogP contribution in [0.4, 0.5) is 0 Å². The average Bonchev–Trinajstić information content (AvgIpc) is 2.53. The van der Waals surface area contributed by atoms with Gasteiger partial charge in [-0.1, -0.05) is 45.7 Å². The number of hydrogen-bond donors (Lipinski definition) is 0. The van der Waals surface area contributed by atoms with Gasteiger partial charge in [-0.05, 0) is 42.4 Å². The number of nitriles is 1. The lowest BCUT2D eigenvalue weighted by Crippen LogP contribution is -2.22. The fourth-order valence-corrected chi connectivity index (χ4v) is 2.98. The topological polar surface area (TPSA) is 50.1 Å².